The maximum atomic E-state index is 12.2. The zero-order valence-electron chi connectivity index (χ0n) is 16.1. The van der Waals surface area contributed by atoms with Gasteiger partial charge in [0.2, 0.25) is 11.8 Å². The van der Waals surface area contributed by atoms with E-state index in [0.29, 0.717) is 11.6 Å². The molecule has 0 fully saturated rings. The number of fused-ring (bicyclic) bond motifs is 1. The molecule has 2 heterocycles. The van der Waals surface area contributed by atoms with Crippen LogP contribution >= 0.6 is 11.8 Å². The molecule has 1 aliphatic rings. The Hall–Kier alpha value is -3.01. The molecule has 0 spiro atoms. The van der Waals surface area contributed by atoms with Gasteiger partial charge in [0, 0.05) is 18.3 Å². The Morgan fingerprint density at radius 1 is 1.14 bits per heavy atom. The molecule has 0 saturated carbocycles. The van der Waals surface area contributed by atoms with E-state index in [1.165, 1.54) is 5.56 Å². The zero-order valence-corrected chi connectivity index (χ0v) is 16.9. The SMILES string of the molecule is Cc1cc(NC(=O)CSCC(=O)NNC(=O)CN2CCCc3ccccc32)no1. The number of nitrogens with zero attached hydrogens (tertiary/aromatic N) is 2. The Labute approximate surface area is 172 Å². The standard InChI is InChI=1S/C19H23N5O4S/c1-13-9-16(23-28-13)20-18(26)11-29-12-19(27)22-21-17(25)10-24-8-4-6-14-5-2-3-7-15(14)24/h2-3,5,7,9H,4,6,8,10-12H2,1H3,(H,21,25)(H,22,27)(H,20,23,26). The predicted octanol–water partition coefficient (Wildman–Crippen LogP) is 1.25. The monoisotopic (exact) mass is 417 g/mol. The van der Waals surface area contributed by atoms with Crippen LogP contribution in [-0.4, -0.2) is 47.5 Å². The van der Waals surface area contributed by atoms with Crippen LogP contribution in [0.1, 0.15) is 17.7 Å². The number of hydrogen-bond donors (Lipinski definition) is 3. The number of carbonyl (C=O) groups is 3. The molecule has 0 aliphatic carbocycles. The van der Waals surface area contributed by atoms with Crippen molar-refractivity contribution in [3.8, 4) is 0 Å². The van der Waals surface area contributed by atoms with E-state index in [4.69, 9.17) is 4.52 Å². The first kappa shape index (κ1) is 20.7. The minimum atomic E-state index is -0.382. The van der Waals surface area contributed by atoms with Gasteiger partial charge in [0.05, 0.1) is 18.1 Å². The summed E-state index contributed by atoms with van der Waals surface area (Å²) in [4.78, 5) is 37.8. The number of benzene rings is 1. The van der Waals surface area contributed by atoms with E-state index in [2.05, 4.69) is 27.4 Å². The first-order valence-electron chi connectivity index (χ1n) is 9.23. The number of aromatic nitrogens is 1. The molecule has 0 saturated heterocycles. The highest BCUT2D eigenvalue weighted by molar-refractivity contribution is 8.00. The van der Waals surface area contributed by atoms with E-state index in [1.807, 2.05) is 23.1 Å². The highest BCUT2D eigenvalue weighted by Gasteiger charge is 2.18. The molecule has 1 aromatic carbocycles. The molecule has 1 aromatic heterocycles. The first-order chi connectivity index (χ1) is 14.0. The van der Waals surface area contributed by atoms with Gasteiger partial charge in [-0.2, -0.15) is 0 Å². The number of para-hydroxylation sites is 1. The summed E-state index contributed by atoms with van der Waals surface area (Å²) in [6.07, 6.45) is 2.00. The summed E-state index contributed by atoms with van der Waals surface area (Å²) in [5, 5.41) is 6.23. The molecule has 10 heteroatoms. The number of rotatable bonds is 7. The van der Waals surface area contributed by atoms with Crippen molar-refractivity contribution in [2.45, 2.75) is 19.8 Å². The Kier molecular flexibility index (Phi) is 7.12. The maximum absolute atomic E-state index is 12.2. The van der Waals surface area contributed by atoms with Gasteiger partial charge >= 0.3 is 0 Å². The molecule has 2 aromatic rings. The second-order valence-corrected chi connectivity index (χ2v) is 7.60. The first-order valence-corrected chi connectivity index (χ1v) is 10.4. The fourth-order valence-electron chi connectivity index (χ4n) is 3.00. The topological polar surface area (TPSA) is 117 Å². The fourth-order valence-corrected chi connectivity index (χ4v) is 3.62. The normalized spacial score (nSPS) is 12.8. The van der Waals surface area contributed by atoms with Gasteiger partial charge in [-0.25, -0.2) is 0 Å². The Morgan fingerprint density at radius 3 is 2.69 bits per heavy atom. The summed E-state index contributed by atoms with van der Waals surface area (Å²) in [5.74, 6) is 0.0893. The number of anilines is 2. The largest absolute Gasteiger partial charge is 0.362 e. The van der Waals surface area contributed by atoms with E-state index in [1.54, 1.807) is 13.0 Å². The van der Waals surface area contributed by atoms with Crippen LogP contribution in [0, 0.1) is 6.92 Å². The van der Waals surface area contributed by atoms with Gasteiger partial charge < -0.3 is 14.7 Å². The third-order valence-corrected chi connectivity index (χ3v) is 5.18. The zero-order chi connectivity index (χ0) is 20.6. The molecule has 3 N–H and O–H groups in total. The minimum Gasteiger partial charge on any atom is -0.362 e. The number of aryl methyl sites for hydroxylation is 2. The number of carbonyl (C=O) groups excluding carboxylic acids is 3. The second-order valence-electron chi connectivity index (χ2n) is 6.61. The van der Waals surface area contributed by atoms with Crippen LogP contribution in [0.15, 0.2) is 34.9 Å². The highest BCUT2D eigenvalue weighted by atomic mass is 32.2. The van der Waals surface area contributed by atoms with Crippen molar-refractivity contribution in [1.29, 1.82) is 0 Å². The lowest BCUT2D eigenvalue weighted by atomic mass is 10.0. The molecule has 3 rings (SSSR count). The number of hydrogen-bond acceptors (Lipinski definition) is 7. The van der Waals surface area contributed by atoms with Crippen molar-refractivity contribution in [1.82, 2.24) is 16.0 Å². The molecule has 1 aliphatic heterocycles. The molecule has 29 heavy (non-hydrogen) atoms. The van der Waals surface area contributed by atoms with Crippen molar-refractivity contribution < 1.29 is 18.9 Å². The summed E-state index contributed by atoms with van der Waals surface area (Å²) < 4.78 is 4.86. The second kappa shape index (κ2) is 9.97. The molecule has 0 atom stereocenters. The molecule has 0 unspecified atom stereocenters. The van der Waals surface area contributed by atoms with E-state index >= 15 is 0 Å². The van der Waals surface area contributed by atoms with Gasteiger partial charge in [0.15, 0.2) is 5.82 Å². The van der Waals surface area contributed by atoms with Crippen LogP contribution in [0.5, 0.6) is 0 Å². The average Bonchev–Trinajstić information content (AvgIpc) is 3.11. The van der Waals surface area contributed by atoms with Crippen LogP contribution in [0.2, 0.25) is 0 Å². The fraction of sp³-hybridized carbons (Fsp3) is 0.368. The van der Waals surface area contributed by atoms with Gasteiger partial charge in [0.1, 0.15) is 5.76 Å². The van der Waals surface area contributed by atoms with Crippen LogP contribution in [0.4, 0.5) is 11.5 Å². The average molecular weight is 417 g/mol. The molecule has 0 radical (unpaired) electrons. The molecule has 9 nitrogen and oxygen atoms in total. The Bertz CT molecular complexity index is 885. The molecule has 3 amide bonds. The van der Waals surface area contributed by atoms with E-state index in [9.17, 15) is 14.4 Å². The summed E-state index contributed by atoms with van der Waals surface area (Å²) in [7, 11) is 0. The summed E-state index contributed by atoms with van der Waals surface area (Å²) >= 11 is 1.13. The van der Waals surface area contributed by atoms with Crippen molar-refractivity contribution in [2.75, 3.05) is 34.8 Å². The summed E-state index contributed by atoms with van der Waals surface area (Å²) in [5.41, 5.74) is 7.09. The van der Waals surface area contributed by atoms with Crippen LogP contribution in [0.3, 0.4) is 0 Å². The van der Waals surface area contributed by atoms with E-state index in [-0.39, 0.29) is 35.8 Å². The van der Waals surface area contributed by atoms with E-state index in [0.717, 1.165) is 36.8 Å². The Balaban J connectivity index is 1.33. The maximum Gasteiger partial charge on any atom is 0.257 e. The molecular formula is C19H23N5O4S. The predicted molar refractivity (Wildman–Crippen MR) is 110 cm³/mol. The van der Waals surface area contributed by atoms with Gasteiger partial charge in [-0.3, -0.25) is 25.2 Å². The van der Waals surface area contributed by atoms with Crippen molar-refractivity contribution in [3.05, 3.63) is 41.7 Å². The Morgan fingerprint density at radius 2 is 1.90 bits per heavy atom. The quantitative estimate of drug-likeness (QED) is 0.581. The lowest BCUT2D eigenvalue weighted by Gasteiger charge is -2.30. The lowest BCUT2D eigenvalue weighted by Crippen LogP contribution is -2.48. The third-order valence-electron chi connectivity index (χ3n) is 4.24. The van der Waals surface area contributed by atoms with Crippen molar-refractivity contribution >= 4 is 41.0 Å². The molecule has 154 valence electrons. The molecular weight excluding hydrogens is 394 g/mol. The summed E-state index contributed by atoms with van der Waals surface area (Å²) in [6.45, 7) is 2.69. The highest BCUT2D eigenvalue weighted by Crippen LogP contribution is 2.26. The van der Waals surface area contributed by atoms with Crippen molar-refractivity contribution in [2.24, 2.45) is 0 Å². The lowest BCUT2D eigenvalue weighted by molar-refractivity contribution is -0.126. The van der Waals surface area contributed by atoms with Crippen LogP contribution in [-0.2, 0) is 20.8 Å². The number of amides is 3. The van der Waals surface area contributed by atoms with Gasteiger partial charge in [-0.05, 0) is 31.4 Å². The van der Waals surface area contributed by atoms with E-state index < -0.39 is 0 Å². The third kappa shape index (κ3) is 6.24. The number of thioether (sulfide) groups is 1. The van der Waals surface area contributed by atoms with Gasteiger partial charge in [-0.1, -0.05) is 23.4 Å². The van der Waals surface area contributed by atoms with Gasteiger partial charge in [0.25, 0.3) is 5.91 Å². The summed E-state index contributed by atoms with van der Waals surface area (Å²) in [6, 6.07) is 9.62. The van der Waals surface area contributed by atoms with Crippen molar-refractivity contribution in [3.63, 3.8) is 0 Å². The van der Waals surface area contributed by atoms with Gasteiger partial charge in [-0.15, -0.1) is 11.8 Å². The smallest absolute Gasteiger partial charge is 0.257 e. The number of hydrazine groups is 1. The number of nitrogens with one attached hydrogen (secondary N) is 3. The van der Waals surface area contributed by atoms with Crippen LogP contribution < -0.4 is 21.1 Å². The van der Waals surface area contributed by atoms with Crippen LogP contribution in [0.25, 0.3) is 0 Å². The molecule has 0 bridgehead atoms. The minimum absolute atomic E-state index is 0.0398.